The van der Waals surface area contributed by atoms with Crippen LogP contribution >= 0.6 is 0 Å². The summed E-state index contributed by atoms with van der Waals surface area (Å²) in [5.74, 6) is 1.53. The Kier molecular flexibility index (Phi) is 4.53. The van der Waals surface area contributed by atoms with Gasteiger partial charge < -0.3 is 9.84 Å². The maximum absolute atomic E-state index is 12.3. The summed E-state index contributed by atoms with van der Waals surface area (Å²) in [6.07, 6.45) is 8.96. The number of Topliss-reactive ketones (excluding diaryl/α,β-unsaturated/α-hetero) is 1. The lowest BCUT2D eigenvalue weighted by molar-refractivity contribution is -0.211. The van der Waals surface area contributed by atoms with Crippen molar-refractivity contribution in [1.82, 2.24) is 0 Å². The predicted molar refractivity (Wildman–Crippen MR) is 103 cm³/mol. The van der Waals surface area contributed by atoms with E-state index < -0.39 is 5.60 Å². The zero-order chi connectivity index (χ0) is 19.6. The van der Waals surface area contributed by atoms with Crippen LogP contribution in [0.5, 0.6) is 0 Å². The van der Waals surface area contributed by atoms with Gasteiger partial charge in [-0.3, -0.25) is 9.59 Å². The van der Waals surface area contributed by atoms with Gasteiger partial charge in [0.15, 0.2) is 0 Å². The summed E-state index contributed by atoms with van der Waals surface area (Å²) >= 11 is 0. The summed E-state index contributed by atoms with van der Waals surface area (Å²) in [4.78, 5) is 23.7. The van der Waals surface area contributed by atoms with Crippen LogP contribution in [0.2, 0.25) is 0 Å². The van der Waals surface area contributed by atoms with Gasteiger partial charge in [-0.2, -0.15) is 0 Å². The number of fused-ring (bicyclic) bond motifs is 5. The lowest BCUT2D eigenvalue weighted by atomic mass is 9.43. The highest BCUT2D eigenvalue weighted by atomic mass is 16.5. The second-order valence-electron chi connectivity index (χ2n) is 10.6. The number of hydrogen-bond donors (Lipinski definition) is 1. The standard InChI is InChI=1S/C23H36O4/c1-14(24)18-9-12-23(26)20-6-5-16-13-17(27-15(2)25)7-10-21(16,3)19(20)8-11-22(18,23)4/h16-20,26H,5-13H2,1-4H3/t16-,17+,18-,19-,20-,21+,22-,23+/m1/s1. The van der Waals surface area contributed by atoms with Crippen LogP contribution in [0.3, 0.4) is 0 Å². The van der Waals surface area contributed by atoms with Gasteiger partial charge in [-0.15, -0.1) is 0 Å². The number of rotatable bonds is 2. The largest absolute Gasteiger partial charge is 0.463 e. The fourth-order valence-electron chi connectivity index (χ4n) is 8.18. The minimum atomic E-state index is -0.688. The third-order valence-corrected chi connectivity index (χ3v) is 9.63. The van der Waals surface area contributed by atoms with Crippen LogP contribution in [0.1, 0.15) is 85.5 Å². The first-order chi connectivity index (χ1) is 12.6. The summed E-state index contributed by atoms with van der Waals surface area (Å²) in [5.41, 5.74) is -0.712. The molecule has 0 aromatic rings. The molecule has 1 N–H and O–H groups in total. The van der Waals surface area contributed by atoms with Crippen molar-refractivity contribution in [2.45, 2.75) is 97.2 Å². The van der Waals surface area contributed by atoms with E-state index in [2.05, 4.69) is 13.8 Å². The van der Waals surface area contributed by atoms with Gasteiger partial charge in [0.25, 0.3) is 0 Å². The molecular weight excluding hydrogens is 340 g/mol. The molecule has 0 aromatic heterocycles. The third-order valence-electron chi connectivity index (χ3n) is 9.63. The van der Waals surface area contributed by atoms with Crippen LogP contribution in [-0.4, -0.2) is 28.6 Å². The third kappa shape index (κ3) is 2.65. The molecule has 27 heavy (non-hydrogen) atoms. The molecule has 8 atom stereocenters. The first-order valence-electron chi connectivity index (χ1n) is 11.0. The highest BCUT2D eigenvalue weighted by molar-refractivity contribution is 5.80. The Morgan fingerprint density at radius 3 is 2.33 bits per heavy atom. The topological polar surface area (TPSA) is 63.6 Å². The fraction of sp³-hybridized carbons (Fsp3) is 0.913. The molecule has 4 fully saturated rings. The van der Waals surface area contributed by atoms with Crippen molar-refractivity contribution in [1.29, 1.82) is 0 Å². The number of esters is 1. The lowest BCUT2D eigenvalue weighted by Gasteiger charge is -2.63. The van der Waals surface area contributed by atoms with Crippen LogP contribution in [0.15, 0.2) is 0 Å². The van der Waals surface area contributed by atoms with Crippen LogP contribution in [-0.2, 0) is 14.3 Å². The molecule has 0 radical (unpaired) electrons. The molecule has 0 heterocycles. The van der Waals surface area contributed by atoms with Gasteiger partial charge in [-0.1, -0.05) is 13.8 Å². The number of carbonyl (C=O) groups is 2. The molecule has 4 aliphatic rings. The first kappa shape index (κ1) is 19.4. The molecule has 4 nitrogen and oxygen atoms in total. The number of ether oxygens (including phenoxy) is 1. The first-order valence-corrected chi connectivity index (χ1v) is 11.0. The minimum Gasteiger partial charge on any atom is -0.463 e. The Bertz CT molecular complexity index is 644. The van der Waals surface area contributed by atoms with Crippen molar-refractivity contribution in [2.24, 2.45) is 34.5 Å². The number of ketones is 1. The van der Waals surface area contributed by atoms with Gasteiger partial charge in [0.1, 0.15) is 11.9 Å². The molecule has 4 aliphatic carbocycles. The van der Waals surface area contributed by atoms with Crippen molar-refractivity contribution in [3.63, 3.8) is 0 Å². The number of carbonyl (C=O) groups excluding carboxylic acids is 2. The maximum atomic E-state index is 12.3. The fourth-order valence-corrected chi connectivity index (χ4v) is 8.18. The Hall–Kier alpha value is -0.900. The van der Waals surface area contributed by atoms with Crippen molar-refractivity contribution in [3.05, 3.63) is 0 Å². The van der Waals surface area contributed by atoms with E-state index in [1.54, 1.807) is 6.92 Å². The predicted octanol–water partition coefficient (Wildman–Crippen LogP) is 4.28. The highest BCUT2D eigenvalue weighted by Crippen LogP contribution is 2.69. The van der Waals surface area contributed by atoms with E-state index in [9.17, 15) is 14.7 Å². The van der Waals surface area contributed by atoms with Crippen LogP contribution in [0.4, 0.5) is 0 Å². The Balaban J connectivity index is 1.59. The van der Waals surface area contributed by atoms with Gasteiger partial charge in [-0.05, 0) is 87.9 Å². The van der Waals surface area contributed by atoms with Crippen molar-refractivity contribution in [3.8, 4) is 0 Å². The van der Waals surface area contributed by atoms with Crippen LogP contribution in [0.25, 0.3) is 0 Å². The van der Waals surface area contributed by atoms with Gasteiger partial charge >= 0.3 is 5.97 Å². The average Bonchev–Trinajstić information content (AvgIpc) is 2.86. The summed E-state index contributed by atoms with van der Waals surface area (Å²) in [6.45, 7) is 7.84. The summed E-state index contributed by atoms with van der Waals surface area (Å²) in [7, 11) is 0. The van der Waals surface area contributed by atoms with Crippen molar-refractivity contribution < 1.29 is 19.4 Å². The average molecular weight is 377 g/mol. The molecule has 4 rings (SSSR count). The zero-order valence-electron chi connectivity index (χ0n) is 17.4. The maximum Gasteiger partial charge on any atom is 0.302 e. The molecular formula is C23H36O4. The van der Waals surface area contributed by atoms with E-state index in [-0.39, 0.29) is 34.6 Å². The van der Waals surface area contributed by atoms with E-state index in [0.717, 1.165) is 57.8 Å². The summed E-state index contributed by atoms with van der Waals surface area (Å²) in [6, 6.07) is 0. The van der Waals surface area contributed by atoms with Gasteiger partial charge in [0, 0.05) is 18.3 Å². The molecule has 4 saturated carbocycles. The van der Waals surface area contributed by atoms with Gasteiger partial charge in [-0.25, -0.2) is 0 Å². The minimum absolute atomic E-state index is 0.0219. The molecule has 0 bridgehead atoms. The van der Waals surface area contributed by atoms with Crippen LogP contribution in [0, 0.1) is 34.5 Å². The highest BCUT2D eigenvalue weighted by Gasteiger charge is 2.67. The SMILES string of the molecule is CC(=O)O[C@H]1CC[C@@]2(C)[C@H](CC[C@@H]3[C@H]2CC[C@]2(C)[C@@H](C(C)=O)CC[C@]32O)C1. The Morgan fingerprint density at radius 2 is 1.67 bits per heavy atom. The smallest absolute Gasteiger partial charge is 0.302 e. The molecule has 0 amide bonds. The Morgan fingerprint density at radius 1 is 0.926 bits per heavy atom. The van der Waals surface area contributed by atoms with Crippen molar-refractivity contribution in [2.75, 3.05) is 0 Å². The van der Waals surface area contributed by atoms with Crippen molar-refractivity contribution >= 4 is 11.8 Å². The van der Waals surface area contributed by atoms with E-state index >= 15 is 0 Å². The van der Waals surface area contributed by atoms with E-state index in [1.807, 2.05) is 0 Å². The van der Waals surface area contributed by atoms with Gasteiger partial charge in [0.2, 0.25) is 0 Å². The Labute approximate surface area is 163 Å². The molecule has 4 heteroatoms. The molecule has 0 unspecified atom stereocenters. The van der Waals surface area contributed by atoms with Gasteiger partial charge in [0.05, 0.1) is 5.60 Å². The number of hydrogen-bond acceptors (Lipinski definition) is 4. The molecule has 0 aliphatic heterocycles. The van der Waals surface area contributed by atoms with E-state index in [1.165, 1.54) is 6.92 Å². The molecule has 0 aromatic carbocycles. The lowest BCUT2D eigenvalue weighted by Crippen LogP contribution is -2.62. The second-order valence-corrected chi connectivity index (χ2v) is 10.6. The van der Waals surface area contributed by atoms with E-state index in [4.69, 9.17) is 4.74 Å². The summed E-state index contributed by atoms with van der Waals surface area (Å²) in [5, 5.41) is 11.9. The molecule has 152 valence electrons. The van der Waals surface area contributed by atoms with E-state index in [0.29, 0.717) is 17.8 Å². The molecule has 0 saturated heterocycles. The quantitative estimate of drug-likeness (QED) is 0.731. The number of aliphatic hydroxyl groups is 1. The molecule has 0 spiro atoms. The van der Waals surface area contributed by atoms with Crippen LogP contribution < -0.4 is 0 Å². The normalized spacial score (nSPS) is 51.7. The zero-order valence-corrected chi connectivity index (χ0v) is 17.4. The summed E-state index contributed by atoms with van der Waals surface area (Å²) < 4.78 is 5.54. The second kappa shape index (κ2) is 6.30. The monoisotopic (exact) mass is 376 g/mol.